The number of nitrogens with zero attached hydrogens (tertiary/aromatic N) is 4. The lowest BCUT2D eigenvalue weighted by atomic mass is 10.2. The number of hydrogen-bond acceptors (Lipinski definition) is 3. The van der Waals surface area contributed by atoms with Gasteiger partial charge in [0.2, 0.25) is 0 Å². The highest BCUT2D eigenvalue weighted by molar-refractivity contribution is 9.10. The lowest BCUT2D eigenvalue weighted by molar-refractivity contribution is 0.947. The van der Waals surface area contributed by atoms with Crippen LogP contribution in [0.1, 0.15) is 0 Å². The van der Waals surface area contributed by atoms with Crippen LogP contribution in [0, 0.1) is 0 Å². The van der Waals surface area contributed by atoms with Crippen LogP contribution >= 0.6 is 15.9 Å². The summed E-state index contributed by atoms with van der Waals surface area (Å²) < 4.78 is 2.99. The molecule has 0 atom stereocenters. The molecule has 2 aromatic heterocycles. The molecular weight excluding hydrogens is 304 g/mol. The van der Waals surface area contributed by atoms with Crippen molar-refractivity contribution >= 4 is 38.5 Å². The summed E-state index contributed by atoms with van der Waals surface area (Å²) in [7, 11) is 4.00. The van der Waals surface area contributed by atoms with Crippen molar-refractivity contribution in [3.8, 4) is 0 Å². The molecule has 0 N–H and O–H groups in total. The largest absolute Gasteiger partial charge is 0.334 e. The second kappa shape index (κ2) is 4.66. The van der Waals surface area contributed by atoms with Gasteiger partial charge in [-0.3, -0.25) is 0 Å². The summed E-state index contributed by atoms with van der Waals surface area (Å²) in [5.74, 6) is 0.901. The molecule has 2 heterocycles. The Bertz CT molecular complexity index is 718. The first kappa shape index (κ1) is 12.2. The molecule has 3 aromatic rings. The Morgan fingerprint density at radius 1 is 1.16 bits per heavy atom. The van der Waals surface area contributed by atoms with Gasteiger partial charge in [0.1, 0.15) is 5.82 Å². The molecule has 0 fully saturated rings. The quantitative estimate of drug-likeness (QED) is 0.725. The Balaban J connectivity index is 2.01. The van der Waals surface area contributed by atoms with Crippen molar-refractivity contribution in [1.82, 2.24) is 14.5 Å². The van der Waals surface area contributed by atoms with E-state index in [-0.39, 0.29) is 0 Å². The molecule has 0 amide bonds. The predicted octanol–water partition coefficient (Wildman–Crippen LogP) is 3.50. The van der Waals surface area contributed by atoms with Crippen LogP contribution in [0.4, 0.5) is 11.5 Å². The molecule has 0 unspecified atom stereocenters. The molecule has 96 valence electrons. The number of halogens is 1. The molecule has 0 radical (unpaired) electrons. The van der Waals surface area contributed by atoms with Crippen molar-refractivity contribution in [2.45, 2.75) is 0 Å². The van der Waals surface area contributed by atoms with E-state index in [4.69, 9.17) is 0 Å². The number of hydrogen-bond donors (Lipinski definition) is 0. The fraction of sp³-hybridized carbons (Fsp3) is 0.143. The van der Waals surface area contributed by atoms with Crippen LogP contribution in [0.2, 0.25) is 0 Å². The zero-order valence-electron chi connectivity index (χ0n) is 10.7. The van der Waals surface area contributed by atoms with Crippen LogP contribution in [-0.4, -0.2) is 21.6 Å². The smallest absolute Gasteiger partial charge is 0.132 e. The molecule has 0 spiro atoms. The van der Waals surface area contributed by atoms with E-state index < -0.39 is 0 Å². The summed E-state index contributed by atoms with van der Waals surface area (Å²) >= 11 is 3.39. The van der Waals surface area contributed by atoms with Gasteiger partial charge in [0.05, 0.1) is 17.4 Å². The number of rotatable bonds is 2. The molecule has 0 aliphatic carbocycles. The van der Waals surface area contributed by atoms with Gasteiger partial charge in [0.25, 0.3) is 0 Å². The van der Waals surface area contributed by atoms with Crippen molar-refractivity contribution in [3.05, 3.63) is 47.3 Å². The molecule has 1 aromatic carbocycles. The fourth-order valence-corrected chi connectivity index (χ4v) is 2.27. The fourth-order valence-electron chi connectivity index (χ4n) is 2.03. The summed E-state index contributed by atoms with van der Waals surface area (Å²) in [6.07, 6.45) is 3.62. The Hall–Kier alpha value is -1.88. The lowest BCUT2D eigenvalue weighted by Gasteiger charge is -2.18. The van der Waals surface area contributed by atoms with Crippen molar-refractivity contribution in [2.24, 2.45) is 7.05 Å². The van der Waals surface area contributed by atoms with E-state index in [0.717, 1.165) is 27.0 Å². The van der Waals surface area contributed by atoms with Gasteiger partial charge in [-0.25, -0.2) is 9.97 Å². The Labute approximate surface area is 119 Å². The Kier molecular flexibility index (Phi) is 2.98. The normalized spacial score (nSPS) is 10.9. The van der Waals surface area contributed by atoms with Crippen molar-refractivity contribution in [1.29, 1.82) is 0 Å². The number of imidazole rings is 1. The third kappa shape index (κ3) is 2.21. The SMILES string of the molecule is CN(c1ccc2c(c1)ncn2C)c1ccc(Br)cn1. The topological polar surface area (TPSA) is 34.0 Å². The number of pyridine rings is 1. The maximum absolute atomic E-state index is 4.39. The van der Waals surface area contributed by atoms with E-state index >= 15 is 0 Å². The predicted molar refractivity (Wildman–Crippen MR) is 80.7 cm³/mol. The van der Waals surface area contributed by atoms with Crippen LogP contribution in [0.15, 0.2) is 47.3 Å². The maximum atomic E-state index is 4.39. The number of fused-ring (bicyclic) bond motifs is 1. The highest BCUT2D eigenvalue weighted by Crippen LogP contribution is 2.25. The van der Waals surface area contributed by atoms with Crippen LogP contribution in [0.5, 0.6) is 0 Å². The first-order chi connectivity index (χ1) is 9.15. The number of aromatic nitrogens is 3. The third-order valence-electron chi connectivity index (χ3n) is 3.15. The van der Waals surface area contributed by atoms with Crippen LogP contribution in [0.3, 0.4) is 0 Å². The van der Waals surface area contributed by atoms with Gasteiger partial charge in [-0.1, -0.05) is 0 Å². The number of aryl methyl sites for hydroxylation is 1. The van der Waals surface area contributed by atoms with E-state index in [9.17, 15) is 0 Å². The minimum Gasteiger partial charge on any atom is -0.334 e. The average Bonchev–Trinajstić information content (AvgIpc) is 2.80. The van der Waals surface area contributed by atoms with E-state index in [1.54, 1.807) is 6.20 Å². The highest BCUT2D eigenvalue weighted by atomic mass is 79.9. The van der Waals surface area contributed by atoms with Gasteiger partial charge in [-0.2, -0.15) is 0 Å². The molecule has 0 aliphatic rings. The first-order valence-electron chi connectivity index (χ1n) is 5.91. The van der Waals surface area contributed by atoms with Gasteiger partial charge in [-0.05, 0) is 46.3 Å². The van der Waals surface area contributed by atoms with Crippen molar-refractivity contribution in [3.63, 3.8) is 0 Å². The van der Waals surface area contributed by atoms with Crippen molar-refractivity contribution < 1.29 is 0 Å². The van der Waals surface area contributed by atoms with E-state index in [0.29, 0.717) is 0 Å². The Morgan fingerprint density at radius 3 is 2.74 bits per heavy atom. The first-order valence-corrected chi connectivity index (χ1v) is 6.71. The molecule has 0 saturated carbocycles. The van der Waals surface area contributed by atoms with E-state index in [1.165, 1.54) is 0 Å². The molecule has 0 bridgehead atoms. The summed E-state index contributed by atoms with van der Waals surface area (Å²) in [5, 5.41) is 0. The average molecular weight is 317 g/mol. The zero-order valence-corrected chi connectivity index (χ0v) is 12.3. The molecule has 5 heteroatoms. The van der Waals surface area contributed by atoms with Crippen LogP contribution in [-0.2, 0) is 7.05 Å². The monoisotopic (exact) mass is 316 g/mol. The van der Waals surface area contributed by atoms with E-state index in [2.05, 4.69) is 44.1 Å². The number of anilines is 2. The molecular formula is C14H13BrN4. The summed E-state index contributed by atoms with van der Waals surface area (Å²) in [6, 6.07) is 10.2. The minimum absolute atomic E-state index is 0.901. The third-order valence-corrected chi connectivity index (χ3v) is 3.62. The zero-order chi connectivity index (χ0) is 13.4. The molecule has 3 rings (SSSR count). The Morgan fingerprint density at radius 2 is 2.00 bits per heavy atom. The molecule has 0 saturated heterocycles. The lowest BCUT2D eigenvalue weighted by Crippen LogP contribution is -2.10. The second-order valence-corrected chi connectivity index (χ2v) is 5.34. The van der Waals surface area contributed by atoms with Gasteiger partial charge in [0, 0.05) is 30.5 Å². The summed E-state index contributed by atoms with van der Waals surface area (Å²) in [6.45, 7) is 0. The van der Waals surface area contributed by atoms with E-state index in [1.807, 2.05) is 42.0 Å². The summed E-state index contributed by atoms with van der Waals surface area (Å²) in [5.41, 5.74) is 3.19. The molecule has 19 heavy (non-hydrogen) atoms. The standard InChI is InChI=1S/C14H13BrN4/c1-18-9-17-12-7-11(4-5-13(12)18)19(2)14-6-3-10(15)8-16-14/h3-9H,1-2H3. The summed E-state index contributed by atoms with van der Waals surface area (Å²) in [4.78, 5) is 10.8. The molecule has 4 nitrogen and oxygen atoms in total. The van der Waals surface area contributed by atoms with Gasteiger partial charge < -0.3 is 9.47 Å². The highest BCUT2D eigenvalue weighted by Gasteiger charge is 2.07. The second-order valence-electron chi connectivity index (χ2n) is 4.42. The van der Waals surface area contributed by atoms with Gasteiger partial charge >= 0.3 is 0 Å². The number of benzene rings is 1. The van der Waals surface area contributed by atoms with Crippen molar-refractivity contribution in [2.75, 3.05) is 11.9 Å². The molecule has 0 aliphatic heterocycles. The van der Waals surface area contributed by atoms with Gasteiger partial charge in [-0.15, -0.1) is 0 Å². The van der Waals surface area contributed by atoms with Crippen LogP contribution in [0.25, 0.3) is 11.0 Å². The van der Waals surface area contributed by atoms with Gasteiger partial charge in [0.15, 0.2) is 0 Å². The van der Waals surface area contributed by atoms with Crippen LogP contribution < -0.4 is 4.90 Å². The minimum atomic E-state index is 0.901. The maximum Gasteiger partial charge on any atom is 0.132 e.